The summed E-state index contributed by atoms with van der Waals surface area (Å²) >= 11 is 5.95. The lowest BCUT2D eigenvalue weighted by atomic mass is 10.2. The lowest BCUT2D eigenvalue weighted by Gasteiger charge is -2.11. The molecule has 0 aliphatic rings. The quantitative estimate of drug-likeness (QED) is 0.822. The fourth-order valence-corrected chi connectivity index (χ4v) is 1.60. The number of ether oxygens (including phenoxy) is 1. The van der Waals surface area contributed by atoms with Crippen molar-refractivity contribution in [2.45, 2.75) is 32.9 Å². The number of quaternary nitrogens is 1. The lowest BCUT2D eigenvalue weighted by Crippen LogP contribution is -2.87. The van der Waals surface area contributed by atoms with Gasteiger partial charge in [0.15, 0.2) is 0 Å². The van der Waals surface area contributed by atoms with Gasteiger partial charge in [0.1, 0.15) is 12.3 Å². The van der Waals surface area contributed by atoms with Crippen LogP contribution in [0, 0.1) is 0 Å². The Hall–Kier alpha value is -0.730. The summed E-state index contributed by atoms with van der Waals surface area (Å²) in [6, 6.07) is 6.38. The summed E-state index contributed by atoms with van der Waals surface area (Å²) in [5.74, 6) is 0.916. The first-order chi connectivity index (χ1) is 7.17. The second-order valence-corrected chi connectivity index (χ2v) is 4.22. The van der Waals surface area contributed by atoms with E-state index in [2.05, 4.69) is 19.2 Å². The Balaban J connectivity index is 2.69. The maximum absolute atomic E-state index is 5.95. The first kappa shape index (κ1) is 12.3. The van der Waals surface area contributed by atoms with Gasteiger partial charge < -0.3 is 10.1 Å². The van der Waals surface area contributed by atoms with Crippen LogP contribution in [-0.2, 0) is 6.54 Å². The molecule has 0 radical (unpaired) electrons. The van der Waals surface area contributed by atoms with Crippen molar-refractivity contribution < 1.29 is 10.1 Å². The lowest BCUT2D eigenvalue weighted by molar-refractivity contribution is -0.701. The molecule has 0 aromatic heterocycles. The molecule has 0 aliphatic heterocycles. The third-order valence-electron chi connectivity index (χ3n) is 2.63. The maximum Gasteiger partial charge on any atom is 0.127 e. The van der Waals surface area contributed by atoms with Crippen LogP contribution in [0.15, 0.2) is 18.2 Å². The van der Waals surface area contributed by atoms with Crippen LogP contribution >= 0.6 is 11.6 Å². The van der Waals surface area contributed by atoms with Gasteiger partial charge in [-0.3, -0.25) is 0 Å². The van der Waals surface area contributed by atoms with Gasteiger partial charge in [-0.15, -0.1) is 0 Å². The highest BCUT2D eigenvalue weighted by Crippen LogP contribution is 2.21. The molecule has 0 fully saturated rings. The van der Waals surface area contributed by atoms with Gasteiger partial charge >= 0.3 is 0 Å². The standard InChI is InChI=1S/C12H18ClNO/c1-4-9(2)14-8-10-7-11(13)5-6-12(10)15-3/h5-7,9,14H,4,8H2,1-3H3/p+1/t9-/m1/s1. The minimum absolute atomic E-state index is 0.633. The van der Waals surface area contributed by atoms with E-state index in [1.807, 2.05) is 18.2 Å². The topological polar surface area (TPSA) is 25.8 Å². The average molecular weight is 229 g/mol. The van der Waals surface area contributed by atoms with Crippen molar-refractivity contribution in [3.05, 3.63) is 28.8 Å². The molecule has 3 heteroatoms. The second-order valence-electron chi connectivity index (χ2n) is 3.78. The van der Waals surface area contributed by atoms with Crippen molar-refractivity contribution >= 4 is 11.6 Å². The molecule has 0 heterocycles. The monoisotopic (exact) mass is 228 g/mol. The smallest absolute Gasteiger partial charge is 0.127 e. The molecule has 0 saturated carbocycles. The highest BCUT2D eigenvalue weighted by atomic mass is 35.5. The number of methoxy groups -OCH3 is 1. The molecule has 2 nitrogen and oxygen atoms in total. The number of hydrogen-bond acceptors (Lipinski definition) is 1. The summed E-state index contributed by atoms with van der Waals surface area (Å²) in [5.41, 5.74) is 1.16. The Labute approximate surface area is 96.6 Å². The van der Waals surface area contributed by atoms with E-state index in [4.69, 9.17) is 16.3 Å². The zero-order chi connectivity index (χ0) is 11.3. The molecule has 84 valence electrons. The average Bonchev–Trinajstić information content (AvgIpc) is 2.26. The van der Waals surface area contributed by atoms with Gasteiger partial charge in [0, 0.05) is 10.6 Å². The fourth-order valence-electron chi connectivity index (χ4n) is 1.40. The van der Waals surface area contributed by atoms with E-state index in [1.165, 1.54) is 6.42 Å². The summed E-state index contributed by atoms with van der Waals surface area (Å²) in [7, 11) is 1.69. The minimum atomic E-state index is 0.633. The van der Waals surface area contributed by atoms with Gasteiger partial charge in [0.2, 0.25) is 0 Å². The third-order valence-corrected chi connectivity index (χ3v) is 2.86. The number of nitrogens with two attached hydrogens (primary N) is 1. The van der Waals surface area contributed by atoms with E-state index < -0.39 is 0 Å². The first-order valence-electron chi connectivity index (χ1n) is 5.33. The molecule has 0 saturated heterocycles. The van der Waals surface area contributed by atoms with E-state index in [0.29, 0.717) is 6.04 Å². The van der Waals surface area contributed by atoms with Gasteiger partial charge in [-0.25, -0.2) is 0 Å². The van der Waals surface area contributed by atoms with E-state index in [1.54, 1.807) is 7.11 Å². The summed E-state index contributed by atoms with van der Waals surface area (Å²) in [6.45, 7) is 5.33. The highest BCUT2D eigenvalue weighted by Gasteiger charge is 2.07. The molecule has 0 spiro atoms. The predicted octanol–water partition coefficient (Wildman–Crippen LogP) is 2.21. The van der Waals surface area contributed by atoms with Gasteiger partial charge in [-0.05, 0) is 31.5 Å². The van der Waals surface area contributed by atoms with Crippen LogP contribution in [0.25, 0.3) is 0 Å². The van der Waals surface area contributed by atoms with E-state index >= 15 is 0 Å². The minimum Gasteiger partial charge on any atom is -0.496 e. The summed E-state index contributed by atoms with van der Waals surface area (Å²) in [6.07, 6.45) is 1.17. The number of benzene rings is 1. The van der Waals surface area contributed by atoms with Crippen LogP contribution in [0.3, 0.4) is 0 Å². The van der Waals surface area contributed by atoms with Crippen molar-refractivity contribution in [1.29, 1.82) is 0 Å². The van der Waals surface area contributed by atoms with Crippen molar-refractivity contribution in [2.24, 2.45) is 0 Å². The normalized spacial score (nSPS) is 12.5. The molecular formula is C12H19ClNO+. The summed E-state index contributed by atoms with van der Waals surface area (Å²) in [5, 5.41) is 3.07. The first-order valence-corrected chi connectivity index (χ1v) is 5.71. The SMILES string of the molecule is CC[C@@H](C)[NH2+]Cc1cc(Cl)ccc1OC. The molecule has 0 bridgehead atoms. The molecule has 1 aromatic carbocycles. The molecule has 1 atom stereocenters. The van der Waals surface area contributed by atoms with Crippen LogP contribution in [0.2, 0.25) is 5.02 Å². The van der Waals surface area contributed by atoms with Crippen LogP contribution < -0.4 is 10.1 Å². The predicted molar refractivity (Wildman–Crippen MR) is 63.4 cm³/mol. The number of rotatable bonds is 5. The maximum atomic E-state index is 5.95. The van der Waals surface area contributed by atoms with Gasteiger partial charge in [-0.1, -0.05) is 18.5 Å². The Morgan fingerprint density at radius 1 is 1.47 bits per heavy atom. The molecule has 1 rings (SSSR count). The van der Waals surface area contributed by atoms with Crippen LogP contribution in [0.1, 0.15) is 25.8 Å². The van der Waals surface area contributed by atoms with Crippen molar-refractivity contribution in [3.8, 4) is 5.75 Å². The second kappa shape index (κ2) is 5.99. The Morgan fingerprint density at radius 2 is 2.20 bits per heavy atom. The molecule has 1 aromatic rings. The van der Waals surface area contributed by atoms with Crippen LogP contribution in [0.5, 0.6) is 5.75 Å². The summed E-state index contributed by atoms with van der Waals surface area (Å²) < 4.78 is 5.29. The van der Waals surface area contributed by atoms with E-state index in [9.17, 15) is 0 Å². The Morgan fingerprint density at radius 3 is 2.80 bits per heavy atom. The molecule has 0 amide bonds. The molecule has 2 N–H and O–H groups in total. The van der Waals surface area contributed by atoms with Crippen LogP contribution in [0.4, 0.5) is 0 Å². The molecule has 0 aliphatic carbocycles. The van der Waals surface area contributed by atoms with Crippen LogP contribution in [-0.4, -0.2) is 13.2 Å². The Bertz CT molecular complexity index is 314. The number of hydrogen-bond donors (Lipinski definition) is 1. The van der Waals surface area contributed by atoms with Crippen molar-refractivity contribution in [3.63, 3.8) is 0 Å². The zero-order valence-electron chi connectivity index (χ0n) is 9.59. The third kappa shape index (κ3) is 3.73. The van der Waals surface area contributed by atoms with E-state index in [0.717, 1.165) is 22.9 Å². The number of halogens is 1. The fraction of sp³-hybridized carbons (Fsp3) is 0.500. The van der Waals surface area contributed by atoms with Gasteiger partial charge in [0.05, 0.1) is 13.2 Å². The Kier molecular flexibility index (Phi) is 4.92. The van der Waals surface area contributed by atoms with Gasteiger partial charge in [0.25, 0.3) is 0 Å². The highest BCUT2D eigenvalue weighted by molar-refractivity contribution is 6.30. The van der Waals surface area contributed by atoms with E-state index in [-0.39, 0.29) is 0 Å². The summed E-state index contributed by atoms with van der Waals surface area (Å²) in [4.78, 5) is 0. The van der Waals surface area contributed by atoms with Crippen molar-refractivity contribution in [2.75, 3.05) is 7.11 Å². The molecule has 15 heavy (non-hydrogen) atoms. The molecular weight excluding hydrogens is 210 g/mol. The molecule has 0 unspecified atom stereocenters. The zero-order valence-corrected chi connectivity index (χ0v) is 10.3. The van der Waals surface area contributed by atoms with Crippen molar-refractivity contribution in [1.82, 2.24) is 0 Å². The largest absolute Gasteiger partial charge is 0.496 e. The van der Waals surface area contributed by atoms with Gasteiger partial charge in [-0.2, -0.15) is 0 Å².